The van der Waals surface area contributed by atoms with Crippen molar-refractivity contribution < 1.29 is 0 Å². The van der Waals surface area contributed by atoms with Gasteiger partial charge in [0, 0.05) is 64.6 Å². The number of nitrogens with zero attached hydrogens (tertiary/aromatic N) is 4. The molecule has 7 heteroatoms. The molecule has 188 valence electrons. The fourth-order valence-corrected chi connectivity index (χ4v) is 5.22. The van der Waals surface area contributed by atoms with E-state index in [1.54, 1.807) is 0 Å². The fraction of sp³-hybridized carbons (Fsp3) is 0.300. The van der Waals surface area contributed by atoms with Crippen molar-refractivity contribution in [2.24, 2.45) is 5.92 Å². The maximum Gasteiger partial charge on any atom is 0.181 e. The first-order valence-electron chi connectivity index (χ1n) is 13.1. The summed E-state index contributed by atoms with van der Waals surface area (Å²) in [5, 5.41) is 12.1. The lowest BCUT2D eigenvalue weighted by atomic mass is 10.0. The minimum absolute atomic E-state index is 0.584. The Labute approximate surface area is 217 Å². The second-order valence-corrected chi connectivity index (χ2v) is 10.1. The molecule has 37 heavy (non-hydrogen) atoms. The van der Waals surface area contributed by atoms with E-state index in [1.165, 1.54) is 43.4 Å². The van der Waals surface area contributed by atoms with Crippen molar-refractivity contribution in [3.63, 3.8) is 0 Å². The van der Waals surface area contributed by atoms with E-state index in [2.05, 4.69) is 79.7 Å². The quantitative estimate of drug-likeness (QED) is 0.240. The molecule has 7 nitrogen and oxygen atoms in total. The molecule has 4 aromatic rings. The van der Waals surface area contributed by atoms with Crippen LogP contribution in [-0.2, 0) is 0 Å². The number of hydrogen-bond donors (Lipinski definition) is 3. The van der Waals surface area contributed by atoms with Crippen LogP contribution in [0.15, 0.2) is 67.8 Å². The highest BCUT2D eigenvalue weighted by molar-refractivity contribution is 5.93. The Morgan fingerprint density at radius 3 is 2.68 bits per heavy atom. The van der Waals surface area contributed by atoms with Crippen molar-refractivity contribution in [2.75, 3.05) is 18.4 Å². The topological polar surface area (TPSA) is 85.5 Å². The summed E-state index contributed by atoms with van der Waals surface area (Å²) < 4.78 is 0. The van der Waals surface area contributed by atoms with E-state index in [9.17, 15) is 0 Å². The number of aromatic amines is 2. The summed E-state index contributed by atoms with van der Waals surface area (Å²) in [6.07, 6.45) is 15.8. The molecule has 0 spiro atoms. The number of anilines is 1. The molecule has 1 saturated carbocycles. The maximum atomic E-state index is 4.64. The van der Waals surface area contributed by atoms with Gasteiger partial charge in [-0.3, -0.25) is 10.1 Å². The SMILES string of the molecule is C=C/C=C(\c1cc(-c2[nH]nc3ncc(-c4cncc(NC(=C)C5CC5)c4)cc23)[nH]c1C)N1CCCCC1. The molecule has 2 fully saturated rings. The maximum absolute atomic E-state index is 4.64. The first-order chi connectivity index (χ1) is 18.1. The van der Waals surface area contributed by atoms with Gasteiger partial charge in [-0.1, -0.05) is 19.2 Å². The van der Waals surface area contributed by atoms with Crippen LogP contribution < -0.4 is 5.32 Å². The second-order valence-electron chi connectivity index (χ2n) is 10.1. The molecule has 1 saturated heterocycles. The van der Waals surface area contributed by atoms with Crippen LogP contribution in [0.2, 0.25) is 0 Å². The molecule has 0 atom stereocenters. The Balaban J connectivity index is 1.34. The van der Waals surface area contributed by atoms with E-state index >= 15 is 0 Å². The van der Waals surface area contributed by atoms with Crippen molar-refractivity contribution in [3.05, 3.63) is 79.1 Å². The lowest BCUT2D eigenvalue weighted by Gasteiger charge is -2.31. The summed E-state index contributed by atoms with van der Waals surface area (Å²) in [4.78, 5) is 15.2. The highest BCUT2D eigenvalue weighted by Crippen LogP contribution is 2.37. The van der Waals surface area contributed by atoms with E-state index in [1.807, 2.05) is 24.7 Å². The molecule has 3 N–H and O–H groups in total. The van der Waals surface area contributed by atoms with Crippen LogP contribution in [0.25, 0.3) is 39.2 Å². The van der Waals surface area contributed by atoms with Crippen LogP contribution >= 0.6 is 0 Å². The van der Waals surface area contributed by atoms with E-state index in [4.69, 9.17) is 0 Å². The van der Waals surface area contributed by atoms with Crippen molar-refractivity contribution in [1.29, 1.82) is 0 Å². The van der Waals surface area contributed by atoms with Gasteiger partial charge in [-0.15, -0.1) is 0 Å². The number of fused-ring (bicyclic) bond motifs is 1. The summed E-state index contributed by atoms with van der Waals surface area (Å²) in [5.41, 5.74) is 10.2. The molecule has 4 aromatic heterocycles. The Morgan fingerprint density at radius 2 is 1.89 bits per heavy atom. The van der Waals surface area contributed by atoms with Gasteiger partial charge in [0.2, 0.25) is 0 Å². The molecule has 0 unspecified atom stereocenters. The molecule has 1 aliphatic heterocycles. The van der Waals surface area contributed by atoms with Gasteiger partial charge >= 0.3 is 0 Å². The molecule has 0 aromatic carbocycles. The van der Waals surface area contributed by atoms with Crippen molar-refractivity contribution >= 4 is 22.4 Å². The van der Waals surface area contributed by atoms with Crippen LogP contribution in [0.3, 0.4) is 0 Å². The third-order valence-electron chi connectivity index (χ3n) is 7.39. The third kappa shape index (κ3) is 4.69. The fourth-order valence-electron chi connectivity index (χ4n) is 5.22. The van der Waals surface area contributed by atoms with Gasteiger partial charge in [-0.05, 0) is 69.2 Å². The Morgan fingerprint density at radius 1 is 1.08 bits per heavy atom. The lowest BCUT2D eigenvalue weighted by molar-refractivity contribution is 0.326. The molecule has 5 heterocycles. The number of aryl methyl sites for hydroxylation is 1. The number of nitrogens with one attached hydrogen (secondary N) is 3. The van der Waals surface area contributed by atoms with Gasteiger partial charge in [0.25, 0.3) is 0 Å². The average molecular weight is 492 g/mol. The summed E-state index contributed by atoms with van der Waals surface area (Å²) in [6, 6.07) is 6.46. The standard InChI is InChI=1S/C30H33N7/c1-4-8-28(37-11-6-5-7-12-37)25-15-27(34-20(25)3)29-26-14-23(17-32-30(26)36-35-29)22-13-24(18-31-16-22)33-19(2)21-9-10-21/h4,8,13-18,21,33-34H,1-2,5-7,9-12H2,3H3,(H,32,35,36)/b28-8+. The van der Waals surface area contributed by atoms with Crippen LogP contribution in [-0.4, -0.2) is 43.1 Å². The zero-order valence-electron chi connectivity index (χ0n) is 21.3. The van der Waals surface area contributed by atoms with Crippen molar-refractivity contribution in [3.8, 4) is 22.5 Å². The zero-order chi connectivity index (χ0) is 25.4. The molecule has 1 aliphatic carbocycles. The molecular weight excluding hydrogens is 458 g/mol. The Kier molecular flexibility index (Phi) is 6.12. The summed E-state index contributed by atoms with van der Waals surface area (Å²) in [7, 11) is 0. The highest BCUT2D eigenvalue weighted by Gasteiger charge is 2.25. The molecule has 2 aliphatic rings. The van der Waals surface area contributed by atoms with Gasteiger partial charge in [-0.25, -0.2) is 4.98 Å². The predicted molar refractivity (Wildman–Crippen MR) is 151 cm³/mol. The van der Waals surface area contributed by atoms with Crippen LogP contribution in [0.5, 0.6) is 0 Å². The molecule has 6 rings (SSSR count). The van der Waals surface area contributed by atoms with E-state index in [0.29, 0.717) is 11.6 Å². The monoisotopic (exact) mass is 491 g/mol. The number of piperidine rings is 1. The van der Waals surface area contributed by atoms with E-state index in [-0.39, 0.29) is 0 Å². The Hall–Kier alpha value is -4.13. The smallest absolute Gasteiger partial charge is 0.181 e. The highest BCUT2D eigenvalue weighted by atomic mass is 15.2. The molecule has 0 amide bonds. The number of hydrogen-bond acceptors (Lipinski definition) is 5. The minimum atomic E-state index is 0.584. The number of likely N-dealkylation sites (tertiary alicyclic amines) is 1. The largest absolute Gasteiger partial charge is 0.371 e. The number of allylic oxidation sites excluding steroid dienone is 3. The van der Waals surface area contributed by atoms with Crippen molar-refractivity contribution in [1.82, 2.24) is 30.0 Å². The van der Waals surface area contributed by atoms with Gasteiger partial charge in [0.1, 0.15) is 0 Å². The first kappa shape index (κ1) is 23.3. The van der Waals surface area contributed by atoms with Crippen molar-refractivity contribution in [2.45, 2.75) is 39.0 Å². The van der Waals surface area contributed by atoms with Crippen LogP contribution in [0, 0.1) is 12.8 Å². The van der Waals surface area contributed by atoms with E-state index < -0.39 is 0 Å². The van der Waals surface area contributed by atoms with Crippen LogP contribution in [0.1, 0.15) is 43.4 Å². The summed E-state index contributed by atoms with van der Waals surface area (Å²) in [5.74, 6) is 0.584. The summed E-state index contributed by atoms with van der Waals surface area (Å²) >= 11 is 0. The molecule has 0 radical (unpaired) electrons. The number of H-pyrrole nitrogens is 2. The van der Waals surface area contributed by atoms with Crippen LogP contribution in [0.4, 0.5) is 5.69 Å². The predicted octanol–water partition coefficient (Wildman–Crippen LogP) is 6.67. The number of rotatable bonds is 8. The molecular formula is C30H33N7. The van der Waals surface area contributed by atoms with Gasteiger partial charge in [0.05, 0.1) is 23.3 Å². The zero-order valence-corrected chi connectivity index (χ0v) is 21.3. The van der Waals surface area contributed by atoms with Gasteiger partial charge < -0.3 is 15.2 Å². The second kappa shape index (κ2) is 9.73. The molecule has 0 bridgehead atoms. The third-order valence-corrected chi connectivity index (χ3v) is 7.39. The summed E-state index contributed by atoms with van der Waals surface area (Å²) in [6.45, 7) is 12.4. The van der Waals surface area contributed by atoms with E-state index in [0.717, 1.165) is 58.1 Å². The van der Waals surface area contributed by atoms with Gasteiger partial charge in [-0.2, -0.15) is 5.10 Å². The number of aromatic nitrogens is 5. The Bertz CT molecular complexity index is 1500. The minimum Gasteiger partial charge on any atom is -0.371 e. The van der Waals surface area contributed by atoms with Gasteiger partial charge in [0.15, 0.2) is 5.65 Å². The first-order valence-corrected chi connectivity index (χ1v) is 13.1. The lowest BCUT2D eigenvalue weighted by Crippen LogP contribution is -2.28. The average Bonchev–Trinajstić information content (AvgIpc) is 3.59. The number of pyridine rings is 2. The normalized spacial score (nSPS) is 16.2.